The summed E-state index contributed by atoms with van der Waals surface area (Å²) in [6, 6.07) is 31.1. The summed E-state index contributed by atoms with van der Waals surface area (Å²) in [5.74, 6) is 0.547. The minimum atomic E-state index is -0.144. The van der Waals surface area contributed by atoms with Gasteiger partial charge in [-0.15, -0.1) is 0 Å². The third-order valence-corrected chi connectivity index (χ3v) is 9.83. The lowest BCUT2D eigenvalue weighted by molar-refractivity contribution is 0.275. The van der Waals surface area contributed by atoms with E-state index in [-0.39, 0.29) is 16.7 Å². The Kier molecular flexibility index (Phi) is 6.91. The van der Waals surface area contributed by atoms with Gasteiger partial charge in [-0.2, -0.15) is 0 Å². The second-order valence-corrected chi connectivity index (χ2v) is 13.5. The average Bonchev–Trinajstić information content (AvgIpc) is 3.05. The standard InChI is InChI=1S/C41H40N2/c1-40(2,3)33-19-20-36-38(23-33)41(4,34-22-31(25-43-27-34)29-15-9-6-10-16-29)37-18-12-11-17-35(37)39(36)32-21-30(24-42-26-32)28-13-7-5-8-14-28/h5-24,26,34,37,43H,25,27H2,1-4H3. The van der Waals surface area contributed by atoms with Gasteiger partial charge in [0.15, 0.2) is 0 Å². The molecule has 0 spiro atoms. The van der Waals surface area contributed by atoms with Crippen molar-refractivity contribution < 1.29 is 0 Å². The van der Waals surface area contributed by atoms with Crippen molar-refractivity contribution >= 4 is 11.1 Å². The minimum absolute atomic E-state index is 0.0486. The lowest BCUT2D eigenvalue weighted by atomic mass is 9.54. The van der Waals surface area contributed by atoms with Gasteiger partial charge in [-0.05, 0) is 56.0 Å². The van der Waals surface area contributed by atoms with Crippen molar-refractivity contribution in [3.8, 4) is 11.1 Å². The summed E-state index contributed by atoms with van der Waals surface area (Å²) in [5, 5.41) is 3.81. The topological polar surface area (TPSA) is 24.9 Å². The molecule has 3 aliphatic rings. The molecule has 2 heteroatoms. The summed E-state index contributed by atoms with van der Waals surface area (Å²) in [6.45, 7) is 11.3. The molecule has 1 N–H and O–H groups in total. The van der Waals surface area contributed by atoms with Crippen LogP contribution in [0.15, 0.2) is 133 Å². The van der Waals surface area contributed by atoms with Crippen LogP contribution in [0.4, 0.5) is 0 Å². The number of aromatic nitrogens is 1. The van der Waals surface area contributed by atoms with E-state index in [1.807, 2.05) is 6.20 Å². The van der Waals surface area contributed by atoms with Crippen LogP contribution in [0.1, 0.15) is 55.5 Å². The molecule has 7 rings (SSSR count). The highest BCUT2D eigenvalue weighted by Crippen LogP contribution is 2.55. The molecule has 0 bridgehead atoms. The van der Waals surface area contributed by atoms with Crippen LogP contribution in [0.3, 0.4) is 0 Å². The summed E-state index contributed by atoms with van der Waals surface area (Å²) >= 11 is 0. The average molecular weight is 561 g/mol. The molecule has 0 amide bonds. The number of hydrogen-bond acceptors (Lipinski definition) is 2. The van der Waals surface area contributed by atoms with Crippen molar-refractivity contribution in [3.05, 3.63) is 161 Å². The first-order valence-corrected chi connectivity index (χ1v) is 15.6. The molecule has 214 valence electrons. The molecular formula is C41H40N2. The molecule has 0 fully saturated rings. The quantitative estimate of drug-likeness (QED) is 0.269. The Morgan fingerprint density at radius 3 is 2.26 bits per heavy atom. The second kappa shape index (κ2) is 10.8. The van der Waals surface area contributed by atoms with E-state index in [2.05, 4.69) is 155 Å². The molecular weight excluding hydrogens is 520 g/mol. The number of rotatable bonds is 4. The summed E-state index contributed by atoms with van der Waals surface area (Å²) in [6.07, 6.45) is 15.9. The Labute approximate surface area is 256 Å². The maximum Gasteiger partial charge on any atom is 0.0347 e. The molecule has 4 aromatic rings. The normalized spacial score (nSPS) is 23.0. The van der Waals surface area contributed by atoms with Crippen molar-refractivity contribution in [1.29, 1.82) is 0 Å². The van der Waals surface area contributed by atoms with E-state index in [1.165, 1.54) is 50.1 Å². The third-order valence-electron chi connectivity index (χ3n) is 9.83. The van der Waals surface area contributed by atoms with Crippen LogP contribution in [0.25, 0.3) is 22.3 Å². The second-order valence-electron chi connectivity index (χ2n) is 13.5. The fourth-order valence-corrected chi connectivity index (χ4v) is 7.38. The van der Waals surface area contributed by atoms with Crippen molar-refractivity contribution in [2.45, 2.75) is 38.5 Å². The SMILES string of the molecule is CC(C)(C)c1ccc2c(c1)C(C)(C1C=C(c3ccccc3)CNC1)C1C=CC=CC1=C2c1cncc(-c2ccccc2)c1. The van der Waals surface area contributed by atoms with Gasteiger partial charge in [0.1, 0.15) is 0 Å². The Morgan fingerprint density at radius 2 is 1.51 bits per heavy atom. The van der Waals surface area contributed by atoms with Crippen molar-refractivity contribution in [1.82, 2.24) is 10.3 Å². The first kappa shape index (κ1) is 27.6. The van der Waals surface area contributed by atoms with Gasteiger partial charge in [-0.3, -0.25) is 4.98 Å². The molecule has 0 saturated carbocycles. The van der Waals surface area contributed by atoms with Crippen LogP contribution in [-0.2, 0) is 10.8 Å². The zero-order valence-electron chi connectivity index (χ0n) is 25.6. The predicted molar refractivity (Wildman–Crippen MR) is 181 cm³/mol. The van der Waals surface area contributed by atoms with Gasteiger partial charge in [0.05, 0.1) is 0 Å². The summed E-state index contributed by atoms with van der Waals surface area (Å²) < 4.78 is 0. The van der Waals surface area contributed by atoms with Crippen molar-refractivity contribution in [3.63, 3.8) is 0 Å². The van der Waals surface area contributed by atoms with Crippen LogP contribution >= 0.6 is 0 Å². The number of hydrogen-bond donors (Lipinski definition) is 1. The highest BCUT2D eigenvalue weighted by molar-refractivity contribution is 5.90. The zero-order chi connectivity index (χ0) is 29.6. The molecule has 43 heavy (non-hydrogen) atoms. The number of nitrogens with zero attached hydrogens (tertiary/aromatic N) is 1. The maximum atomic E-state index is 4.78. The van der Waals surface area contributed by atoms with Gasteiger partial charge < -0.3 is 5.32 Å². The molecule has 1 aliphatic heterocycles. The van der Waals surface area contributed by atoms with E-state index in [0.29, 0.717) is 5.92 Å². The molecule has 2 heterocycles. The maximum absolute atomic E-state index is 4.78. The monoisotopic (exact) mass is 560 g/mol. The van der Waals surface area contributed by atoms with Crippen LogP contribution in [0.5, 0.6) is 0 Å². The van der Waals surface area contributed by atoms with Gasteiger partial charge in [-0.25, -0.2) is 0 Å². The first-order valence-electron chi connectivity index (χ1n) is 15.6. The number of pyridine rings is 1. The summed E-state index contributed by atoms with van der Waals surface area (Å²) in [5.41, 5.74) is 12.9. The van der Waals surface area contributed by atoms with Gasteiger partial charge in [0.2, 0.25) is 0 Å². The van der Waals surface area contributed by atoms with E-state index < -0.39 is 0 Å². The highest BCUT2D eigenvalue weighted by Gasteiger charge is 2.48. The number of nitrogens with one attached hydrogen (secondary N) is 1. The zero-order valence-corrected chi connectivity index (χ0v) is 25.6. The molecule has 0 radical (unpaired) electrons. The lowest BCUT2D eigenvalue weighted by Crippen LogP contribution is -2.48. The van der Waals surface area contributed by atoms with Crippen molar-refractivity contribution in [2.24, 2.45) is 11.8 Å². The first-order chi connectivity index (χ1) is 20.8. The fourth-order valence-electron chi connectivity index (χ4n) is 7.38. The number of benzene rings is 3. The van der Waals surface area contributed by atoms with E-state index >= 15 is 0 Å². The predicted octanol–water partition coefficient (Wildman–Crippen LogP) is 9.16. The Morgan fingerprint density at radius 1 is 0.791 bits per heavy atom. The van der Waals surface area contributed by atoms with Crippen LogP contribution < -0.4 is 5.32 Å². The molecule has 3 atom stereocenters. The third kappa shape index (κ3) is 4.84. The molecule has 0 saturated heterocycles. The van der Waals surface area contributed by atoms with E-state index in [0.717, 1.165) is 18.7 Å². The van der Waals surface area contributed by atoms with Crippen LogP contribution in [-0.4, -0.2) is 18.1 Å². The molecule has 2 nitrogen and oxygen atoms in total. The van der Waals surface area contributed by atoms with Gasteiger partial charge in [0.25, 0.3) is 0 Å². The minimum Gasteiger partial charge on any atom is -0.312 e. The smallest absolute Gasteiger partial charge is 0.0347 e. The summed E-state index contributed by atoms with van der Waals surface area (Å²) in [7, 11) is 0. The molecule has 3 aromatic carbocycles. The van der Waals surface area contributed by atoms with Gasteiger partial charge >= 0.3 is 0 Å². The van der Waals surface area contributed by atoms with Gasteiger partial charge in [0, 0.05) is 53.9 Å². The number of allylic oxidation sites excluding steroid dienone is 5. The van der Waals surface area contributed by atoms with Gasteiger partial charge in [-0.1, -0.05) is 137 Å². The Balaban J connectivity index is 1.46. The largest absolute Gasteiger partial charge is 0.312 e. The fraction of sp³-hybridized carbons (Fsp3) is 0.244. The highest BCUT2D eigenvalue weighted by atomic mass is 14.9. The molecule has 1 aromatic heterocycles. The molecule has 2 aliphatic carbocycles. The van der Waals surface area contributed by atoms with E-state index in [4.69, 9.17) is 4.98 Å². The Bertz CT molecular complexity index is 1780. The van der Waals surface area contributed by atoms with Crippen molar-refractivity contribution in [2.75, 3.05) is 13.1 Å². The lowest BCUT2D eigenvalue weighted by Gasteiger charge is -2.50. The van der Waals surface area contributed by atoms with E-state index in [1.54, 1.807) is 0 Å². The molecule has 3 unspecified atom stereocenters. The van der Waals surface area contributed by atoms with E-state index in [9.17, 15) is 0 Å². The van der Waals surface area contributed by atoms with Crippen LogP contribution in [0, 0.1) is 11.8 Å². The van der Waals surface area contributed by atoms with Crippen LogP contribution in [0.2, 0.25) is 0 Å². The Hall–Kier alpha value is -4.27. The summed E-state index contributed by atoms with van der Waals surface area (Å²) in [4.78, 5) is 4.78. The number of fused-ring (bicyclic) bond motifs is 2.